The molecule has 0 N–H and O–H groups in total. The maximum atomic E-state index is 8.59. The van der Waals surface area contributed by atoms with Crippen molar-refractivity contribution in [3.05, 3.63) is 0 Å². The van der Waals surface area contributed by atoms with Crippen LogP contribution in [0.4, 0.5) is 0 Å². The van der Waals surface area contributed by atoms with Gasteiger partial charge in [0, 0.05) is 0 Å². The quantitative estimate of drug-likeness (QED) is 0.280. The second kappa shape index (κ2) is 13.4. The first-order valence-corrected chi connectivity index (χ1v) is 8.25. The van der Waals surface area contributed by atoms with Gasteiger partial charge in [-0.3, -0.25) is 0 Å². The van der Waals surface area contributed by atoms with E-state index < -0.39 is 40.8 Å². The van der Waals surface area contributed by atoms with E-state index in [4.69, 9.17) is 47.8 Å². The first-order valence-electron chi connectivity index (χ1n) is 2.00. The fraction of sp³-hybridized carbons (Fsp3) is 0. The summed E-state index contributed by atoms with van der Waals surface area (Å²) in [5.41, 5.74) is 0. The second-order valence-corrected chi connectivity index (χ2v) is 5.05. The minimum absolute atomic E-state index is 0. The molecule has 0 aliphatic carbocycles. The van der Waals surface area contributed by atoms with E-state index in [9.17, 15) is 0 Å². The van der Waals surface area contributed by atoms with E-state index in [-0.39, 0.29) is 66.7 Å². The summed E-state index contributed by atoms with van der Waals surface area (Å²) in [5, 5.41) is 0. The van der Waals surface area contributed by atoms with Crippen LogP contribution in [0.3, 0.4) is 0 Å². The van der Waals surface area contributed by atoms with Gasteiger partial charge in [0.2, 0.25) is 0 Å². The van der Waals surface area contributed by atoms with Crippen LogP contribution in [-0.4, -0.2) is 0 Å². The Balaban J connectivity index is -0.0000000400. The molecule has 0 aliphatic rings. The summed E-state index contributed by atoms with van der Waals surface area (Å²) in [6.07, 6.45) is 0. The Kier molecular flexibility index (Phi) is 24.9. The molecule has 0 aliphatic heterocycles. The van der Waals surface area contributed by atoms with Gasteiger partial charge >= 0.3 is 155 Å². The molecule has 0 heterocycles. The van der Waals surface area contributed by atoms with Gasteiger partial charge in [0.1, 0.15) is 0 Å². The van der Waals surface area contributed by atoms with Gasteiger partial charge in [-0.2, -0.15) is 0 Å². The van der Waals surface area contributed by atoms with Crippen LogP contribution in [0.2, 0.25) is 0 Å². The first kappa shape index (κ1) is 31.7. The molecule has 0 spiro atoms. The van der Waals surface area contributed by atoms with Crippen molar-refractivity contribution >= 4 is 0 Å². The van der Waals surface area contributed by atoms with E-state index in [0.29, 0.717) is 0 Å². The Bertz CT molecular complexity index is 343. The van der Waals surface area contributed by atoms with E-state index >= 15 is 0 Å². The summed E-state index contributed by atoms with van der Waals surface area (Å²) in [5.74, 6) is 0. The molecule has 1 radical (unpaired) electrons. The van der Waals surface area contributed by atoms with Crippen LogP contribution in [0.25, 0.3) is 0 Å². The molecule has 17 heavy (non-hydrogen) atoms. The van der Waals surface area contributed by atoms with Gasteiger partial charge in [0.15, 0.2) is 0 Å². The summed E-state index contributed by atoms with van der Waals surface area (Å²) in [4.78, 5) is 0. The smallest absolute Gasteiger partial charge is 3.00 e. The molecule has 0 saturated carbocycles. The van der Waals surface area contributed by atoms with Gasteiger partial charge in [-0.05, 0) is 0 Å². The molecular formula is Cr3NdO12Sc. The van der Waals surface area contributed by atoms with Gasteiger partial charge in [-0.1, -0.05) is 0 Å². The zero-order chi connectivity index (χ0) is 13.5. The second-order valence-electron chi connectivity index (χ2n) is 1.22. The van der Waals surface area contributed by atoms with E-state index in [1.54, 1.807) is 0 Å². The largest absolute Gasteiger partial charge is 3.00 e. The molecule has 0 aromatic heterocycles. The Labute approximate surface area is 153 Å². The van der Waals surface area contributed by atoms with E-state index in [1.807, 2.05) is 0 Å². The van der Waals surface area contributed by atoms with Crippen molar-refractivity contribution in [2.24, 2.45) is 0 Å². The Hall–Kier alpha value is 2.38. The van der Waals surface area contributed by atoms with Crippen molar-refractivity contribution in [2.75, 3.05) is 0 Å². The Morgan fingerprint density at radius 2 is 0.471 bits per heavy atom. The molecular weight excluding hydrogens is 537 g/mol. The molecule has 0 saturated heterocycles. The van der Waals surface area contributed by atoms with Crippen LogP contribution in [0, 0.1) is 40.8 Å². The van der Waals surface area contributed by atoms with E-state index in [1.165, 1.54) is 0 Å². The van der Waals surface area contributed by atoms with Crippen LogP contribution < -0.4 is 24.9 Å². The molecule has 97 valence electrons. The molecule has 0 aromatic rings. The normalized spacial score (nSPS) is 10.2. The average molecular weight is 537 g/mol. The third-order valence-corrected chi connectivity index (χ3v) is 0. The van der Waals surface area contributed by atoms with Crippen LogP contribution in [-0.2, 0) is 89.5 Å². The fourth-order valence-electron chi connectivity index (χ4n) is 0. The van der Waals surface area contributed by atoms with Crippen molar-refractivity contribution < 1.29 is 155 Å². The van der Waals surface area contributed by atoms with Crippen molar-refractivity contribution in [2.45, 2.75) is 0 Å². The number of rotatable bonds is 0. The van der Waals surface area contributed by atoms with Crippen LogP contribution >= 0.6 is 0 Å². The zero-order valence-corrected chi connectivity index (χ0v) is 16.0. The van der Waals surface area contributed by atoms with Crippen LogP contribution in [0.1, 0.15) is 0 Å². The minimum atomic E-state index is -5.75. The fourth-order valence-corrected chi connectivity index (χ4v) is 0. The average Bonchev–Trinajstić information content (AvgIpc) is 1.41. The van der Waals surface area contributed by atoms with Crippen molar-refractivity contribution in [1.29, 1.82) is 0 Å². The molecule has 17 heteroatoms. The Morgan fingerprint density at radius 3 is 0.471 bits per heavy atom. The molecule has 0 amide bonds. The number of hydrogen-bond acceptors (Lipinski definition) is 12. The SMILES string of the molecule is [Nd+3].[O]=[Cr](=[O])([O-])[O-].[O]=[Cr](=[O])([O-])[O-].[O]=[Cr](=[O])([O-])[O-].[Sc+3]. The topological polar surface area (TPSA) is 241 Å². The minimum Gasteiger partial charge on any atom is 3.00 e. The summed E-state index contributed by atoms with van der Waals surface area (Å²) in [7, 11) is 0. The molecule has 0 bridgehead atoms. The molecule has 0 atom stereocenters. The molecule has 0 rings (SSSR count). The molecule has 12 nitrogen and oxygen atoms in total. The van der Waals surface area contributed by atoms with Gasteiger partial charge in [0.25, 0.3) is 0 Å². The van der Waals surface area contributed by atoms with Crippen molar-refractivity contribution in [3.8, 4) is 0 Å². The van der Waals surface area contributed by atoms with Crippen molar-refractivity contribution in [1.82, 2.24) is 0 Å². The van der Waals surface area contributed by atoms with Gasteiger partial charge in [0.05, 0.1) is 0 Å². The molecule has 0 aromatic carbocycles. The summed E-state index contributed by atoms with van der Waals surface area (Å²) >= 11 is -17.2. The Morgan fingerprint density at radius 1 is 0.471 bits per heavy atom. The predicted molar refractivity (Wildman–Crippen MR) is 4.12 cm³/mol. The first-order chi connectivity index (χ1) is 6.00. The number of hydrogen-bond donors (Lipinski definition) is 0. The maximum Gasteiger partial charge on any atom is 3.00 e. The summed E-state index contributed by atoms with van der Waals surface area (Å²) in [6, 6.07) is 0. The summed E-state index contributed by atoms with van der Waals surface area (Å²) < 4.78 is 103. The maximum absolute atomic E-state index is 8.59. The van der Waals surface area contributed by atoms with Crippen LogP contribution in [0.15, 0.2) is 0 Å². The summed E-state index contributed by atoms with van der Waals surface area (Å²) in [6.45, 7) is 0. The molecule has 0 fully saturated rings. The van der Waals surface area contributed by atoms with Gasteiger partial charge < -0.3 is 0 Å². The van der Waals surface area contributed by atoms with Crippen LogP contribution in [0.5, 0.6) is 0 Å². The predicted octanol–water partition coefficient (Wildman–Crippen LogP) is -7.86. The van der Waals surface area contributed by atoms with Gasteiger partial charge in [-0.15, -0.1) is 0 Å². The zero-order valence-electron chi connectivity index (χ0n) is 7.20. The standard InChI is InChI=1S/3Cr.Nd.12O.Sc/q;;;+3;;;;;;;6*-1;+3. The van der Waals surface area contributed by atoms with Crippen molar-refractivity contribution in [3.63, 3.8) is 0 Å². The third-order valence-electron chi connectivity index (χ3n) is 0. The van der Waals surface area contributed by atoms with E-state index in [0.717, 1.165) is 0 Å². The van der Waals surface area contributed by atoms with Gasteiger partial charge in [-0.25, -0.2) is 0 Å². The van der Waals surface area contributed by atoms with E-state index in [2.05, 4.69) is 0 Å². The monoisotopic (exact) mass is 535 g/mol. The third kappa shape index (κ3) is 872. The molecule has 0 unspecified atom stereocenters.